The standard InChI is InChI=1S/C15H18N2O3/c1-3-17-10-14(9-16-17)20-11-13-7-5-4-6-12(13)8-15(18)19-2/h4-7,9-10H,3,8,11H2,1-2H3. The summed E-state index contributed by atoms with van der Waals surface area (Å²) in [5.41, 5.74) is 1.89. The summed E-state index contributed by atoms with van der Waals surface area (Å²) >= 11 is 0. The number of benzene rings is 1. The molecule has 106 valence electrons. The van der Waals surface area contributed by atoms with Crippen molar-refractivity contribution >= 4 is 5.97 Å². The van der Waals surface area contributed by atoms with E-state index in [0.717, 1.165) is 23.4 Å². The largest absolute Gasteiger partial charge is 0.486 e. The van der Waals surface area contributed by atoms with Crippen LogP contribution in [0.5, 0.6) is 5.75 Å². The van der Waals surface area contributed by atoms with Crippen molar-refractivity contribution in [1.82, 2.24) is 9.78 Å². The van der Waals surface area contributed by atoms with E-state index in [0.29, 0.717) is 6.61 Å². The Balaban J connectivity index is 2.03. The summed E-state index contributed by atoms with van der Waals surface area (Å²) in [6, 6.07) is 7.68. The van der Waals surface area contributed by atoms with E-state index in [1.165, 1.54) is 7.11 Å². The van der Waals surface area contributed by atoms with Gasteiger partial charge in [0.05, 0.1) is 25.9 Å². The van der Waals surface area contributed by atoms with Crippen LogP contribution in [0.1, 0.15) is 18.1 Å². The molecule has 0 fully saturated rings. The molecule has 5 nitrogen and oxygen atoms in total. The van der Waals surface area contributed by atoms with E-state index in [1.54, 1.807) is 10.9 Å². The third kappa shape index (κ3) is 3.60. The molecule has 1 aromatic heterocycles. The lowest BCUT2D eigenvalue weighted by Gasteiger charge is -2.09. The fourth-order valence-electron chi connectivity index (χ4n) is 1.85. The van der Waals surface area contributed by atoms with Crippen molar-refractivity contribution in [2.75, 3.05) is 7.11 Å². The Morgan fingerprint density at radius 3 is 2.70 bits per heavy atom. The molecule has 1 heterocycles. The lowest BCUT2D eigenvalue weighted by molar-refractivity contribution is -0.139. The third-order valence-electron chi connectivity index (χ3n) is 3.01. The monoisotopic (exact) mass is 274 g/mol. The maximum Gasteiger partial charge on any atom is 0.309 e. The molecule has 0 saturated heterocycles. The molecule has 0 radical (unpaired) electrons. The number of esters is 1. The summed E-state index contributed by atoms with van der Waals surface area (Å²) in [5.74, 6) is 0.468. The number of methoxy groups -OCH3 is 1. The molecular formula is C15H18N2O3. The van der Waals surface area contributed by atoms with Crippen molar-refractivity contribution in [3.05, 3.63) is 47.8 Å². The zero-order chi connectivity index (χ0) is 14.4. The Labute approximate surface area is 118 Å². The van der Waals surface area contributed by atoms with E-state index in [-0.39, 0.29) is 12.4 Å². The first-order valence-corrected chi connectivity index (χ1v) is 6.51. The first-order chi connectivity index (χ1) is 9.72. The predicted octanol–water partition coefficient (Wildman–Crippen LogP) is 2.20. The van der Waals surface area contributed by atoms with Crippen LogP contribution in [0.2, 0.25) is 0 Å². The minimum atomic E-state index is -0.253. The number of aromatic nitrogens is 2. The Bertz CT molecular complexity index is 578. The van der Waals surface area contributed by atoms with Gasteiger partial charge < -0.3 is 9.47 Å². The predicted molar refractivity (Wildman–Crippen MR) is 74.4 cm³/mol. The quantitative estimate of drug-likeness (QED) is 0.758. The highest BCUT2D eigenvalue weighted by molar-refractivity contribution is 5.72. The first kappa shape index (κ1) is 14.1. The molecule has 0 unspecified atom stereocenters. The van der Waals surface area contributed by atoms with Gasteiger partial charge in [0, 0.05) is 6.54 Å². The van der Waals surface area contributed by atoms with Gasteiger partial charge in [-0.15, -0.1) is 0 Å². The van der Waals surface area contributed by atoms with Crippen LogP contribution in [-0.2, 0) is 29.1 Å². The fraction of sp³-hybridized carbons (Fsp3) is 0.333. The molecule has 1 aromatic carbocycles. The van der Waals surface area contributed by atoms with Crippen LogP contribution in [0.15, 0.2) is 36.7 Å². The molecule has 2 rings (SSSR count). The summed E-state index contributed by atoms with van der Waals surface area (Å²) < 4.78 is 12.2. The average Bonchev–Trinajstić information content (AvgIpc) is 2.94. The highest BCUT2D eigenvalue weighted by atomic mass is 16.5. The van der Waals surface area contributed by atoms with E-state index < -0.39 is 0 Å². The number of carbonyl (C=O) groups excluding carboxylic acids is 1. The molecule has 0 aliphatic carbocycles. The van der Waals surface area contributed by atoms with Crippen molar-refractivity contribution in [1.29, 1.82) is 0 Å². The summed E-state index contributed by atoms with van der Waals surface area (Å²) in [6.07, 6.45) is 3.79. The average molecular weight is 274 g/mol. The van der Waals surface area contributed by atoms with Gasteiger partial charge in [0.1, 0.15) is 6.61 Å². The maximum absolute atomic E-state index is 11.4. The first-order valence-electron chi connectivity index (χ1n) is 6.51. The summed E-state index contributed by atoms with van der Waals surface area (Å²) in [4.78, 5) is 11.4. The highest BCUT2D eigenvalue weighted by Gasteiger charge is 2.08. The van der Waals surface area contributed by atoms with Crippen LogP contribution in [-0.4, -0.2) is 22.9 Å². The molecule has 0 bridgehead atoms. The topological polar surface area (TPSA) is 53.4 Å². The molecule has 2 aromatic rings. The molecule has 5 heteroatoms. The number of aryl methyl sites for hydroxylation is 1. The molecule has 0 N–H and O–H groups in total. The van der Waals surface area contributed by atoms with Gasteiger partial charge in [0.2, 0.25) is 0 Å². The molecule has 0 atom stereocenters. The van der Waals surface area contributed by atoms with Crippen LogP contribution >= 0.6 is 0 Å². The van der Waals surface area contributed by atoms with Crippen molar-refractivity contribution in [2.24, 2.45) is 0 Å². The zero-order valence-corrected chi connectivity index (χ0v) is 11.7. The highest BCUT2D eigenvalue weighted by Crippen LogP contribution is 2.15. The molecule has 0 aliphatic heterocycles. The van der Waals surface area contributed by atoms with Crippen LogP contribution < -0.4 is 4.74 Å². The Hall–Kier alpha value is -2.30. The van der Waals surface area contributed by atoms with Crippen LogP contribution in [0, 0.1) is 0 Å². The van der Waals surface area contributed by atoms with E-state index in [9.17, 15) is 4.79 Å². The van der Waals surface area contributed by atoms with E-state index in [1.807, 2.05) is 37.4 Å². The minimum Gasteiger partial charge on any atom is -0.486 e. The summed E-state index contributed by atoms with van der Waals surface area (Å²) in [5, 5.41) is 4.15. The molecule has 20 heavy (non-hydrogen) atoms. The zero-order valence-electron chi connectivity index (χ0n) is 11.7. The smallest absolute Gasteiger partial charge is 0.309 e. The van der Waals surface area contributed by atoms with Gasteiger partial charge in [-0.05, 0) is 18.1 Å². The fourth-order valence-corrected chi connectivity index (χ4v) is 1.85. The van der Waals surface area contributed by atoms with Gasteiger partial charge in [0.25, 0.3) is 0 Å². The minimum absolute atomic E-state index is 0.253. The second-order valence-electron chi connectivity index (χ2n) is 4.34. The van der Waals surface area contributed by atoms with Crippen molar-refractivity contribution < 1.29 is 14.3 Å². The lowest BCUT2D eigenvalue weighted by Crippen LogP contribution is -2.08. The number of hydrogen-bond acceptors (Lipinski definition) is 4. The lowest BCUT2D eigenvalue weighted by atomic mass is 10.1. The molecule has 0 spiro atoms. The number of carbonyl (C=O) groups is 1. The van der Waals surface area contributed by atoms with Crippen molar-refractivity contribution in [2.45, 2.75) is 26.5 Å². The van der Waals surface area contributed by atoms with Gasteiger partial charge in [0.15, 0.2) is 5.75 Å². The van der Waals surface area contributed by atoms with Crippen molar-refractivity contribution in [3.63, 3.8) is 0 Å². The van der Waals surface area contributed by atoms with Gasteiger partial charge in [-0.1, -0.05) is 24.3 Å². The van der Waals surface area contributed by atoms with Gasteiger partial charge >= 0.3 is 5.97 Å². The summed E-state index contributed by atoms with van der Waals surface area (Å²) in [7, 11) is 1.39. The van der Waals surface area contributed by atoms with Crippen LogP contribution in [0.3, 0.4) is 0 Å². The van der Waals surface area contributed by atoms with Gasteiger partial charge in [-0.2, -0.15) is 5.10 Å². The van der Waals surface area contributed by atoms with E-state index in [4.69, 9.17) is 9.47 Å². The van der Waals surface area contributed by atoms with Crippen LogP contribution in [0.4, 0.5) is 0 Å². The normalized spacial score (nSPS) is 10.3. The Kier molecular flexibility index (Phi) is 4.76. The van der Waals surface area contributed by atoms with Gasteiger partial charge in [-0.3, -0.25) is 9.48 Å². The second kappa shape index (κ2) is 6.75. The number of hydrogen-bond donors (Lipinski definition) is 0. The Morgan fingerprint density at radius 1 is 1.30 bits per heavy atom. The maximum atomic E-state index is 11.4. The SMILES string of the molecule is CCn1cc(OCc2ccccc2CC(=O)OC)cn1. The second-order valence-corrected chi connectivity index (χ2v) is 4.34. The van der Waals surface area contributed by atoms with Crippen LogP contribution in [0.25, 0.3) is 0 Å². The summed E-state index contributed by atoms with van der Waals surface area (Å²) in [6.45, 7) is 3.23. The number of ether oxygens (including phenoxy) is 2. The molecule has 0 saturated carbocycles. The molecule has 0 aliphatic rings. The number of nitrogens with zero attached hydrogens (tertiary/aromatic N) is 2. The number of rotatable bonds is 6. The molecular weight excluding hydrogens is 256 g/mol. The Morgan fingerprint density at radius 2 is 2.05 bits per heavy atom. The van der Waals surface area contributed by atoms with Gasteiger partial charge in [-0.25, -0.2) is 0 Å². The molecule has 0 amide bonds. The third-order valence-corrected chi connectivity index (χ3v) is 3.01. The van der Waals surface area contributed by atoms with E-state index in [2.05, 4.69) is 5.10 Å². The van der Waals surface area contributed by atoms with E-state index >= 15 is 0 Å². The van der Waals surface area contributed by atoms with Crippen molar-refractivity contribution in [3.8, 4) is 5.75 Å².